The van der Waals surface area contributed by atoms with Crippen molar-refractivity contribution in [3.8, 4) is 0 Å². The third-order valence-corrected chi connectivity index (χ3v) is 2.43. The number of aryl methyl sites for hydroxylation is 2. The Balaban J connectivity index is 3.09. The number of carbonyl (C=O) groups is 1. The third kappa shape index (κ3) is 2.80. The molecule has 0 radical (unpaired) electrons. The van der Waals surface area contributed by atoms with Gasteiger partial charge in [0.2, 0.25) is 0 Å². The number of carbonyl (C=O) groups excluding carboxylic acids is 1. The van der Waals surface area contributed by atoms with Crippen molar-refractivity contribution < 1.29 is 14.6 Å². The van der Waals surface area contributed by atoms with Gasteiger partial charge in [-0.1, -0.05) is 17.7 Å². The van der Waals surface area contributed by atoms with Crippen LogP contribution in [0, 0.1) is 13.8 Å². The highest BCUT2D eigenvalue weighted by molar-refractivity contribution is 5.73. The van der Waals surface area contributed by atoms with Crippen LogP contribution < -0.4 is 0 Å². The van der Waals surface area contributed by atoms with Gasteiger partial charge in [0.05, 0.1) is 20.1 Å². The summed E-state index contributed by atoms with van der Waals surface area (Å²) in [5.74, 6) is -0.283. The SMILES string of the molecule is COC(=O)Cc1cc(C)cc(C)c1CO. The zero-order valence-corrected chi connectivity index (χ0v) is 9.33. The van der Waals surface area contributed by atoms with Crippen LogP contribution in [0.25, 0.3) is 0 Å². The quantitative estimate of drug-likeness (QED) is 0.766. The molecule has 0 amide bonds. The molecule has 1 aromatic carbocycles. The molecule has 0 aromatic heterocycles. The van der Waals surface area contributed by atoms with E-state index in [9.17, 15) is 9.90 Å². The monoisotopic (exact) mass is 208 g/mol. The molecule has 82 valence electrons. The molecule has 0 aliphatic rings. The maximum atomic E-state index is 11.2. The number of aliphatic hydroxyl groups excluding tert-OH is 1. The Morgan fingerprint density at radius 1 is 1.40 bits per heavy atom. The molecule has 1 aromatic rings. The highest BCUT2D eigenvalue weighted by atomic mass is 16.5. The Morgan fingerprint density at radius 2 is 2.07 bits per heavy atom. The lowest BCUT2D eigenvalue weighted by Crippen LogP contribution is -2.08. The van der Waals surface area contributed by atoms with E-state index in [-0.39, 0.29) is 19.0 Å². The fourth-order valence-electron chi connectivity index (χ4n) is 1.70. The van der Waals surface area contributed by atoms with Crippen LogP contribution >= 0.6 is 0 Å². The zero-order valence-electron chi connectivity index (χ0n) is 9.33. The first-order valence-electron chi connectivity index (χ1n) is 4.85. The summed E-state index contributed by atoms with van der Waals surface area (Å²) in [5.41, 5.74) is 3.77. The fourth-order valence-corrected chi connectivity index (χ4v) is 1.70. The largest absolute Gasteiger partial charge is 0.469 e. The number of hydrogen-bond acceptors (Lipinski definition) is 3. The molecule has 0 aliphatic heterocycles. The summed E-state index contributed by atoms with van der Waals surface area (Å²) in [6.45, 7) is 3.85. The molecular formula is C12H16O3. The minimum absolute atomic E-state index is 0.0432. The van der Waals surface area contributed by atoms with Crippen LogP contribution in [0.3, 0.4) is 0 Å². The summed E-state index contributed by atoms with van der Waals surface area (Å²) in [4.78, 5) is 11.2. The molecule has 15 heavy (non-hydrogen) atoms. The third-order valence-electron chi connectivity index (χ3n) is 2.43. The summed E-state index contributed by atoms with van der Waals surface area (Å²) in [6, 6.07) is 3.90. The van der Waals surface area contributed by atoms with Crippen molar-refractivity contribution in [2.24, 2.45) is 0 Å². The fraction of sp³-hybridized carbons (Fsp3) is 0.417. The second-order valence-electron chi connectivity index (χ2n) is 3.63. The smallest absolute Gasteiger partial charge is 0.309 e. The number of methoxy groups -OCH3 is 1. The summed E-state index contributed by atoms with van der Waals surface area (Å²) >= 11 is 0. The van der Waals surface area contributed by atoms with E-state index in [2.05, 4.69) is 4.74 Å². The highest BCUT2D eigenvalue weighted by Crippen LogP contribution is 2.18. The van der Waals surface area contributed by atoms with Crippen molar-refractivity contribution in [1.29, 1.82) is 0 Å². The van der Waals surface area contributed by atoms with Crippen molar-refractivity contribution >= 4 is 5.97 Å². The molecular weight excluding hydrogens is 192 g/mol. The molecule has 0 spiro atoms. The van der Waals surface area contributed by atoms with Crippen LogP contribution in [-0.2, 0) is 22.6 Å². The van der Waals surface area contributed by atoms with E-state index >= 15 is 0 Å². The topological polar surface area (TPSA) is 46.5 Å². The zero-order chi connectivity index (χ0) is 11.4. The van der Waals surface area contributed by atoms with Gasteiger partial charge < -0.3 is 9.84 Å². The van der Waals surface area contributed by atoms with E-state index in [1.165, 1.54) is 7.11 Å². The average molecular weight is 208 g/mol. The second-order valence-corrected chi connectivity index (χ2v) is 3.63. The van der Waals surface area contributed by atoms with Crippen LogP contribution in [-0.4, -0.2) is 18.2 Å². The molecule has 0 saturated carbocycles. The Morgan fingerprint density at radius 3 is 2.60 bits per heavy atom. The normalized spacial score (nSPS) is 10.1. The summed E-state index contributed by atoms with van der Waals surface area (Å²) in [7, 11) is 1.36. The molecule has 0 heterocycles. The molecule has 0 saturated heterocycles. The van der Waals surface area contributed by atoms with Crippen LogP contribution in [0.2, 0.25) is 0 Å². The Labute approximate surface area is 89.7 Å². The average Bonchev–Trinajstić information content (AvgIpc) is 2.17. The van der Waals surface area contributed by atoms with Crippen molar-refractivity contribution in [2.75, 3.05) is 7.11 Å². The van der Waals surface area contributed by atoms with Crippen molar-refractivity contribution in [3.05, 3.63) is 34.4 Å². The number of aliphatic hydroxyl groups is 1. The van der Waals surface area contributed by atoms with Crippen LogP contribution in [0.15, 0.2) is 12.1 Å². The Kier molecular flexibility index (Phi) is 3.86. The molecule has 0 fully saturated rings. The summed E-state index contributed by atoms with van der Waals surface area (Å²) in [5, 5.41) is 9.22. The lowest BCUT2D eigenvalue weighted by Gasteiger charge is -2.11. The summed E-state index contributed by atoms with van der Waals surface area (Å²) in [6.07, 6.45) is 0.217. The minimum Gasteiger partial charge on any atom is -0.469 e. The van der Waals surface area contributed by atoms with E-state index in [1.807, 2.05) is 26.0 Å². The molecule has 3 heteroatoms. The highest BCUT2D eigenvalue weighted by Gasteiger charge is 2.10. The van der Waals surface area contributed by atoms with Gasteiger partial charge in [-0.3, -0.25) is 4.79 Å². The van der Waals surface area contributed by atoms with Crippen molar-refractivity contribution in [1.82, 2.24) is 0 Å². The molecule has 0 aliphatic carbocycles. The second kappa shape index (κ2) is 4.94. The standard InChI is InChI=1S/C12H16O3/c1-8-4-9(2)11(7-13)10(5-8)6-12(14)15-3/h4-5,13H,6-7H2,1-3H3. The van der Waals surface area contributed by atoms with Gasteiger partial charge in [0.15, 0.2) is 0 Å². The molecule has 0 bridgehead atoms. The number of esters is 1. The van der Waals surface area contributed by atoms with E-state index in [4.69, 9.17) is 0 Å². The van der Waals surface area contributed by atoms with Gasteiger partial charge in [-0.15, -0.1) is 0 Å². The van der Waals surface area contributed by atoms with Gasteiger partial charge in [0, 0.05) is 0 Å². The van der Waals surface area contributed by atoms with Gasteiger partial charge in [-0.2, -0.15) is 0 Å². The first kappa shape index (κ1) is 11.7. The molecule has 0 unspecified atom stereocenters. The van der Waals surface area contributed by atoms with E-state index in [0.29, 0.717) is 0 Å². The lowest BCUT2D eigenvalue weighted by atomic mass is 9.97. The molecule has 1 N–H and O–H groups in total. The summed E-state index contributed by atoms with van der Waals surface area (Å²) < 4.78 is 4.61. The Bertz CT molecular complexity index is 369. The maximum absolute atomic E-state index is 11.2. The molecule has 1 rings (SSSR count). The molecule has 0 atom stereocenters. The van der Waals surface area contributed by atoms with Gasteiger partial charge in [0.1, 0.15) is 0 Å². The van der Waals surface area contributed by atoms with E-state index in [1.54, 1.807) is 0 Å². The first-order valence-corrected chi connectivity index (χ1v) is 4.85. The van der Waals surface area contributed by atoms with Gasteiger partial charge >= 0.3 is 5.97 Å². The number of ether oxygens (including phenoxy) is 1. The lowest BCUT2D eigenvalue weighted by molar-refractivity contribution is -0.139. The molecule has 3 nitrogen and oxygen atoms in total. The predicted octanol–water partition coefficient (Wildman–Crippen LogP) is 1.51. The predicted molar refractivity (Wildman–Crippen MR) is 57.6 cm³/mol. The van der Waals surface area contributed by atoms with E-state index < -0.39 is 0 Å². The van der Waals surface area contributed by atoms with Gasteiger partial charge in [-0.25, -0.2) is 0 Å². The maximum Gasteiger partial charge on any atom is 0.309 e. The van der Waals surface area contributed by atoms with Crippen LogP contribution in [0.5, 0.6) is 0 Å². The first-order chi connectivity index (χ1) is 7.08. The number of hydrogen-bond donors (Lipinski definition) is 1. The minimum atomic E-state index is -0.283. The van der Waals surface area contributed by atoms with Gasteiger partial charge in [-0.05, 0) is 30.5 Å². The number of rotatable bonds is 3. The van der Waals surface area contributed by atoms with Crippen LogP contribution in [0.1, 0.15) is 22.3 Å². The van der Waals surface area contributed by atoms with Crippen LogP contribution in [0.4, 0.5) is 0 Å². The van der Waals surface area contributed by atoms with Crippen molar-refractivity contribution in [2.45, 2.75) is 26.9 Å². The van der Waals surface area contributed by atoms with E-state index in [0.717, 1.165) is 22.3 Å². The van der Waals surface area contributed by atoms with Crippen molar-refractivity contribution in [3.63, 3.8) is 0 Å². The Hall–Kier alpha value is -1.35. The van der Waals surface area contributed by atoms with Gasteiger partial charge in [0.25, 0.3) is 0 Å². The number of benzene rings is 1.